The molecule has 0 aromatic carbocycles. The fourth-order valence-electron chi connectivity index (χ4n) is 4.03. The van der Waals surface area contributed by atoms with E-state index in [0.717, 1.165) is 38.6 Å². The summed E-state index contributed by atoms with van der Waals surface area (Å²) in [5.41, 5.74) is 0. The Kier molecular flexibility index (Phi) is 5.65. The van der Waals surface area contributed by atoms with E-state index in [9.17, 15) is 4.79 Å². The molecule has 0 spiro atoms. The molecule has 6 atom stereocenters. The number of hydrogen-bond donors (Lipinski definition) is 3. The van der Waals surface area contributed by atoms with Crippen molar-refractivity contribution in [1.82, 2.24) is 16.0 Å². The average Bonchev–Trinajstić information content (AvgIpc) is 2.49. The van der Waals surface area contributed by atoms with E-state index in [-0.39, 0.29) is 29.7 Å². The van der Waals surface area contributed by atoms with Gasteiger partial charge in [0.15, 0.2) is 5.11 Å². The van der Waals surface area contributed by atoms with Gasteiger partial charge in [-0.25, -0.2) is 0 Å². The van der Waals surface area contributed by atoms with Crippen LogP contribution < -0.4 is 16.0 Å². The van der Waals surface area contributed by atoms with Gasteiger partial charge in [-0.3, -0.25) is 10.1 Å². The molecule has 2 saturated heterocycles. The van der Waals surface area contributed by atoms with Gasteiger partial charge in [-0.2, -0.15) is 0 Å². The Bertz CT molecular complexity index is 457. The van der Waals surface area contributed by atoms with Gasteiger partial charge in [0.25, 0.3) is 0 Å². The molecule has 23 heavy (non-hydrogen) atoms. The molecule has 0 radical (unpaired) electrons. The van der Waals surface area contributed by atoms with Crippen LogP contribution in [0.2, 0.25) is 0 Å². The molecule has 130 valence electrons. The SMILES string of the molecule is CC1CC(=O)OC2CC(NC(=S)NC3CCC(Cl)CN3)CCC12. The van der Waals surface area contributed by atoms with Crippen molar-refractivity contribution < 1.29 is 9.53 Å². The number of alkyl halides is 1. The van der Waals surface area contributed by atoms with Crippen molar-refractivity contribution in [1.29, 1.82) is 0 Å². The number of halogens is 1. The summed E-state index contributed by atoms with van der Waals surface area (Å²) >= 11 is 11.5. The maximum atomic E-state index is 11.6. The van der Waals surface area contributed by atoms with Crippen LogP contribution in [0.3, 0.4) is 0 Å². The largest absolute Gasteiger partial charge is 0.462 e. The highest BCUT2D eigenvalue weighted by Gasteiger charge is 2.40. The monoisotopic (exact) mass is 359 g/mol. The van der Waals surface area contributed by atoms with Crippen molar-refractivity contribution in [3.05, 3.63) is 0 Å². The minimum absolute atomic E-state index is 0.0464. The maximum Gasteiger partial charge on any atom is 0.306 e. The highest BCUT2D eigenvalue weighted by molar-refractivity contribution is 7.80. The summed E-state index contributed by atoms with van der Waals surface area (Å²) < 4.78 is 5.56. The number of rotatable bonds is 2. The van der Waals surface area contributed by atoms with Crippen LogP contribution in [-0.2, 0) is 9.53 Å². The molecule has 3 fully saturated rings. The normalized spacial score (nSPS) is 40.7. The summed E-state index contributed by atoms with van der Waals surface area (Å²) in [4.78, 5) is 11.6. The van der Waals surface area contributed by atoms with Crippen molar-refractivity contribution in [2.45, 2.75) is 69.1 Å². The van der Waals surface area contributed by atoms with Gasteiger partial charge in [0, 0.05) is 30.8 Å². The van der Waals surface area contributed by atoms with E-state index < -0.39 is 0 Å². The van der Waals surface area contributed by atoms with Crippen molar-refractivity contribution in [2.24, 2.45) is 11.8 Å². The molecule has 0 aromatic rings. The molecule has 5 nitrogen and oxygen atoms in total. The van der Waals surface area contributed by atoms with Crippen LogP contribution in [0, 0.1) is 11.8 Å². The van der Waals surface area contributed by atoms with Crippen molar-refractivity contribution in [3.8, 4) is 0 Å². The van der Waals surface area contributed by atoms with Crippen LogP contribution in [-0.4, -0.2) is 41.3 Å². The predicted molar refractivity (Wildman–Crippen MR) is 94.3 cm³/mol. The number of carbonyl (C=O) groups excluding carboxylic acids is 1. The number of ether oxygens (including phenoxy) is 1. The van der Waals surface area contributed by atoms with E-state index in [1.165, 1.54) is 0 Å². The summed E-state index contributed by atoms with van der Waals surface area (Å²) in [7, 11) is 0. The van der Waals surface area contributed by atoms with Gasteiger partial charge in [-0.05, 0) is 49.7 Å². The van der Waals surface area contributed by atoms with Crippen LogP contribution in [0.25, 0.3) is 0 Å². The second kappa shape index (κ2) is 7.53. The first kappa shape index (κ1) is 17.2. The first-order valence-electron chi connectivity index (χ1n) is 8.65. The van der Waals surface area contributed by atoms with E-state index in [0.29, 0.717) is 23.4 Å². The van der Waals surface area contributed by atoms with Gasteiger partial charge < -0.3 is 15.4 Å². The molecule has 0 aromatic heterocycles. The summed E-state index contributed by atoms with van der Waals surface area (Å²) in [6, 6.07) is 0.277. The zero-order valence-electron chi connectivity index (χ0n) is 13.5. The first-order chi connectivity index (χ1) is 11.0. The zero-order chi connectivity index (χ0) is 16.4. The van der Waals surface area contributed by atoms with Crippen molar-refractivity contribution in [3.63, 3.8) is 0 Å². The standard InChI is InChI=1S/C16H26ClN3O2S/c1-9-6-15(21)22-13-7-11(3-4-12(9)13)19-16(23)20-14-5-2-10(17)8-18-14/h9-14,18H,2-8H2,1H3,(H2,19,20,23). The maximum absolute atomic E-state index is 11.6. The lowest BCUT2D eigenvalue weighted by atomic mass is 9.74. The lowest BCUT2D eigenvalue weighted by Gasteiger charge is -2.42. The second-order valence-electron chi connectivity index (χ2n) is 7.14. The lowest BCUT2D eigenvalue weighted by molar-refractivity contribution is -0.166. The predicted octanol–water partition coefficient (Wildman–Crippen LogP) is 1.89. The molecular formula is C16H26ClN3O2S. The number of hydrogen-bond acceptors (Lipinski definition) is 4. The molecule has 0 amide bonds. The Hall–Kier alpha value is -0.590. The summed E-state index contributed by atoms with van der Waals surface area (Å²) in [5.74, 6) is 0.886. The van der Waals surface area contributed by atoms with E-state index in [4.69, 9.17) is 28.6 Å². The molecule has 1 saturated carbocycles. The van der Waals surface area contributed by atoms with Crippen molar-refractivity contribution >= 4 is 34.9 Å². The Morgan fingerprint density at radius 3 is 2.87 bits per heavy atom. The third-order valence-electron chi connectivity index (χ3n) is 5.34. The van der Waals surface area contributed by atoms with Crippen LogP contribution in [0.5, 0.6) is 0 Å². The molecule has 3 rings (SSSR count). The van der Waals surface area contributed by atoms with Gasteiger partial charge in [0.1, 0.15) is 6.10 Å². The quantitative estimate of drug-likeness (QED) is 0.397. The van der Waals surface area contributed by atoms with Gasteiger partial charge >= 0.3 is 5.97 Å². The van der Waals surface area contributed by atoms with Gasteiger partial charge in [0.05, 0.1) is 6.17 Å². The average molecular weight is 360 g/mol. The Balaban J connectivity index is 1.45. The number of carbonyl (C=O) groups is 1. The molecule has 7 heteroatoms. The zero-order valence-corrected chi connectivity index (χ0v) is 15.1. The third-order valence-corrected chi connectivity index (χ3v) is 5.95. The smallest absolute Gasteiger partial charge is 0.306 e. The van der Waals surface area contributed by atoms with E-state index >= 15 is 0 Å². The van der Waals surface area contributed by atoms with E-state index in [1.807, 2.05) is 0 Å². The fourth-order valence-corrected chi connectivity index (χ4v) is 4.56. The number of nitrogens with one attached hydrogen (secondary N) is 3. The van der Waals surface area contributed by atoms with Gasteiger partial charge in [0.2, 0.25) is 0 Å². The molecule has 6 unspecified atom stereocenters. The minimum atomic E-state index is -0.0536. The molecule has 3 N–H and O–H groups in total. The highest BCUT2D eigenvalue weighted by Crippen LogP contribution is 2.37. The topological polar surface area (TPSA) is 62.4 Å². The fraction of sp³-hybridized carbons (Fsp3) is 0.875. The van der Waals surface area contributed by atoms with Crippen LogP contribution in [0.4, 0.5) is 0 Å². The van der Waals surface area contributed by atoms with Crippen LogP contribution in [0.1, 0.15) is 45.4 Å². The summed E-state index contributed by atoms with van der Waals surface area (Å²) in [6.45, 7) is 2.97. The Morgan fingerprint density at radius 1 is 1.30 bits per heavy atom. The summed E-state index contributed by atoms with van der Waals surface area (Å²) in [5, 5.41) is 11.0. The van der Waals surface area contributed by atoms with E-state index in [1.54, 1.807) is 0 Å². The summed E-state index contributed by atoms with van der Waals surface area (Å²) in [6.07, 6.45) is 5.79. The third kappa shape index (κ3) is 4.48. The number of fused-ring (bicyclic) bond motifs is 1. The molecule has 0 bridgehead atoms. The number of esters is 1. The number of thiocarbonyl (C=S) groups is 1. The minimum Gasteiger partial charge on any atom is -0.462 e. The first-order valence-corrected chi connectivity index (χ1v) is 9.49. The van der Waals surface area contributed by atoms with E-state index in [2.05, 4.69) is 22.9 Å². The second-order valence-corrected chi connectivity index (χ2v) is 8.16. The Morgan fingerprint density at radius 2 is 2.13 bits per heavy atom. The molecule has 2 aliphatic heterocycles. The lowest BCUT2D eigenvalue weighted by Crippen LogP contribution is -2.56. The Labute approximate surface area is 148 Å². The highest BCUT2D eigenvalue weighted by atomic mass is 35.5. The number of piperidine rings is 1. The molecule has 2 heterocycles. The molecular weight excluding hydrogens is 334 g/mol. The van der Waals surface area contributed by atoms with Gasteiger partial charge in [-0.15, -0.1) is 11.6 Å². The van der Waals surface area contributed by atoms with Crippen LogP contribution >= 0.6 is 23.8 Å². The van der Waals surface area contributed by atoms with Gasteiger partial charge in [-0.1, -0.05) is 6.92 Å². The van der Waals surface area contributed by atoms with Crippen molar-refractivity contribution in [2.75, 3.05) is 6.54 Å². The molecule has 1 aliphatic carbocycles. The van der Waals surface area contributed by atoms with Crippen LogP contribution in [0.15, 0.2) is 0 Å². The molecule has 3 aliphatic rings.